The van der Waals surface area contributed by atoms with Crippen LogP contribution in [0.2, 0.25) is 0 Å². The Balaban J connectivity index is 2.49. The van der Waals surface area contributed by atoms with Gasteiger partial charge in [-0.3, -0.25) is 9.80 Å². The van der Waals surface area contributed by atoms with E-state index < -0.39 is 33.4 Å². The van der Waals surface area contributed by atoms with Crippen LogP contribution in [0.1, 0.15) is 81.1 Å². The molecule has 2 aliphatic heterocycles. The summed E-state index contributed by atoms with van der Waals surface area (Å²) >= 11 is 0. The van der Waals surface area contributed by atoms with E-state index in [1.165, 1.54) is 0 Å². The highest BCUT2D eigenvalue weighted by Gasteiger charge is 2.64. The second-order valence-corrected chi connectivity index (χ2v) is 11.5. The molecule has 0 aliphatic carbocycles. The van der Waals surface area contributed by atoms with Crippen molar-refractivity contribution >= 4 is 0 Å². The van der Waals surface area contributed by atoms with E-state index in [9.17, 15) is 20.7 Å². The zero-order chi connectivity index (χ0) is 21.8. The number of piperidine rings is 2. The molecule has 0 atom stereocenters. The van der Waals surface area contributed by atoms with Crippen LogP contribution in [0.4, 0.5) is 0 Å². The lowest BCUT2D eigenvalue weighted by molar-refractivity contribution is -0.260. The maximum Gasteiger partial charge on any atom is 0.0969 e. The highest BCUT2D eigenvalue weighted by Crippen LogP contribution is 2.55. The molecule has 158 valence electrons. The Hall–Kier alpha value is -1.18. The van der Waals surface area contributed by atoms with Gasteiger partial charge in [-0.05, 0) is 81.1 Å². The van der Waals surface area contributed by atoms with E-state index in [1.54, 1.807) is 0 Å². The standard InChI is InChI=1S/C22H38N4O2/c1-17(2)13-21(27,14-18(3,4)25(17)11-9-23)22(28)15-19(5,6)26(12-10-24)20(7,8)16-22/h27-28H,11-16H2,1-8H3. The SMILES string of the molecule is CC1(C)CC(O)(C2(O)CC(C)(C)N(CC#N)C(C)(C)C2)CC(C)(C)N1CC#N. The van der Waals surface area contributed by atoms with Gasteiger partial charge in [0.15, 0.2) is 0 Å². The van der Waals surface area contributed by atoms with Crippen molar-refractivity contribution in [3.8, 4) is 12.1 Å². The Bertz CT molecular complexity index is 600. The number of aliphatic hydroxyl groups is 2. The predicted molar refractivity (Wildman–Crippen MR) is 109 cm³/mol. The molecule has 2 heterocycles. The van der Waals surface area contributed by atoms with E-state index in [4.69, 9.17) is 0 Å². The van der Waals surface area contributed by atoms with Gasteiger partial charge in [-0.25, -0.2) is 0 Å². The maximum absolute atomic E-state index is 12.0. The fraction of sp³-hybridized carbons (Fsp3) is 0.909. The predicted octanol–water partition coefficient (Wildman–Crippen LogP) is 2.80. The first-order chi connectivity index (χ1) is 12.5. The third-order valence-corrected chi connectivity index (χ3v) is 7.15. The number of nitriles is 2. The molecule has 0 aromatic rings. The van der Waals surface area contributed by atoms with Crippen molar-refractivity contribution in [3.05, 3.63) is 0 Å². The summed E-state index contributed by atoms with van der Waals surface area (Å²) in [5.74, 6) is 0. The molecule has 2 N–H and O–H groups in total. The van der Waals surface area contributed by atoms with Crippen LogP contribution in [0, 0.1) is 22.7 Å². The molecule has 0 bridgehead atoms. The van der Waals surface area contributed by atoms with Gasteiger partial charge in [-0.1, -0.05) is 0 Å². The molecule has 0 radical (unpaired) electrons. The van der Waals surface area contributed by atoms with Crippen LogP contribution in [-0.4, -0.2) is 66.5 Å². The first kappa shape index (κ1) is 23.1. The van der Waals surface area contributed by atoms with Gasteiger partial charge in [0.05, 0.1) is 36.4 Å². The van der Waals surface area contributed by atoms with Gasteiger partial charge in [0.2, 0.25) is 0 Å². The van der Waals surface area contributed by atoms with Gasteiger partial charge in [0.25, 0.3) is 0 Å². The Morgan fingerprint density at radius 2 is 0.821 bits per heavy atom. The summed E-state index contributed by atoms with van der Waals surface area (Å²) in [6.07, 6.45) is 1.58. The Labute approximate surface area is 170 Å². The van der Waals surface area contributed by atoms with Crippen molar-refractivity contribution in [2.24, 2.45) is 0 Å². The molecule has 0 amide bonds. The van der Waals surface area contributed by atoms with Gasteiger partial charge < -0.3 is 10.2 Å². The van der Waals surface area contributed by atoms with Crippen molar-refractivity contribution < 1.29 is 10.2 Å². The quantitative estimate of drug-likeness (QED) is 0.720. The first-order valence-corrected chi connectivity index (χ1v) is 10.2. The highest BCUT2D eigenvalue weighted by atomic mass is 16.4. The van der Waals surface area contributed by atoms with Crippen LogP contribution in [-0.2, 0) is 0 Å². The Morgan fingerprint density at radius 3 is 1.00 bits per heavy atom. The molecule has 28 heavy (non-hydrogen) atoms. The van der Waals surface area contributed by atoms with Crippen molar-refractivity contribution in [3.63, 3.8) is 0 Å². The zero-order valence-electron chi connectivity index (χ0n) is 18.9. The van der Waals surface area contributed by atoms with Gasteiger partial charge in [-0.15, -0.1) is 0 Å². The molecular formula is C22H38N4O2. The molecule has 2 fully saturated rings. The minimum atomic E-state index is -1.28. The largest absolute Gasteiger partial charge is 0.387 e. The number of nitrogens with zero attached hydrogens (tertiary/aromatic N) is 4. The summed E-state index contributed by atoms with van der Waals surface area (Å²) in [5.41, 5.74) is -4.28. The lowest BCUT2D eigenvalue weighted by atomic mass is 9.57. The van der Waals surface area contributed by atoms with Crippen LogP contribution in [0.15, 0.2) is 0 Å². The number of hydrogen-bond donors (Lipinski definition) is 2. The lowest BCUT2D eigenvalue weighted by Crippen LogP contribution is -2.76. The molecule has 2 aliphatic rings. The molecule has 0 aromatic carbocycles. The number of rotatable bonds is 3. The highest BCUT2D eigenvalue weighted by molar-refractivity contribution is 5.20. The molecule has 2 rings (SSSR count). The second kappa shape index (κ2) is 6.67. The third kappa shape index (κ3) is 3.68. The first-order valence-electron chi connectivity index (χ1n) is 10.2. The molecule has 0 aromatic heterocycles. The molecule has 0 unspecified atom stereocenters. The zero-order valence-corrected chi connectivity index (χ0v) is 18.9. The number of hydrogen-bond acceptors (Lipinski definition) is 6. The average Bonchev–Trinajstić information content (AvgIpc) is 2.44. The van der Waals surface area contributed by atoms with E-state index in [0.717, 1.165) is 0 Å². The smallest absolute Gasteiger partial charge is 0.0969 e. The van der Waals surface area contributed by atoms with E-state index in [-0.39, 0.29) is 0 Å². The van der Waals surface area contributed by atoms with Crippen molar-refractivity contribution in [1.29, 1.82) is 10.5 Å². The lowest BCUT2D eigenvalue weighted by Gasteiger charge is -2.65. The van der Waals surface area contributed by atoms with Crippen molar-refractivity contribution in [2.45, 2.75) is 114 Å². The molecule has 0 spiro atoms. The summed E-state index contributed by atoms with van der Waals surface area (Å²) in [4.78, 5) is 4.28. The van der Waals surface area contributed by atoms with Crippen LogP contribution in [0.25, 0.3) is 0 Å². The second-order valence-electron chi connectivity index (χ2n) is 11.5. The van der Waals surface area contributed by atoms with Crippen molar-refractivity contribution in [2.75, 3.05) is 13.1 Å². The third-order valence-electron chi connectivity index (χ3n) is 7.15. The van der Waals surface area contributed by atoms with Gasteiger partial charge in [0, 0.05) is 22.2 Å². The van der Waals surface area contributed by atoms with Gasteiger partial charge in [0.1, 0.15) is 0 Å². The minimum Gasteiger partial charge on any atom is -0.387 e. The summed E-state index contributed by atoms with van der Waals surface area (Å²) in [6.45, 7) is 16.9. The van der Waals surface area contributed by atoms with Gasteiger partial charge in [-0.2, -0.15) is 10.5 Å². The maximum atomic E-state index is 12.0. The topological polar surface area (TPSA) is 94.5 Å². The molecule has 2 saturated heterocycles. The molecule has 0 saturated carbocycles. The summed E-state index contributed by atoms with van der Waals surface area (Å²) in [5, 5.41) is 42.5. The van der Waals surface area contributed by atoms with Crippen LogP contribution >= 0.6 is 0 Å². The Morgan fingerprint density at radius 1 is 0.607 bits per heavy atom. The van der Waals surface area contributed by atoms with E-state index >= 15 is 0 Å². The molecule has 6 heteroatoms. The van der Waals surface area contributed by atoms with E-state index in [1.807, 2.05) is 55.4 Å². The minimum absolute atomic E-state index is 0.293. The van der Waals surface area contributed by atoms with Crippen molar-refractivity contribution in [1.82, 2.24) is 9.80 Å². The van der Waals surface area contributed by atoms with Crippen LogP contribution in [0.3, 0.4) is 0 Å². The van der Waals surface area contributed by atoms with E-state index in [2.05, 4.69) is 21.9 Å². The van der Waals surface area contributed by atoms with Gasteiger partial charge >= 0.3 is 0 Å². The summed E-state index contributed by atoms with van der Waals surface area (Å²) in [7, 11) is 0. The average molecular weight is 391 g/mol. The monoisotopic (exact) mass is 390 g/mol. The van der Waals surface area contributed by atoms with Crippen LogP contribution in [0.5, 0.6) is 0 Å². The van der Waals surface area contributed by atoms with E-state index in [0.29, 0.717) is 38.8 Å². The fourth-order valence-electron chi connectivity index (χ4n) is 6.66. The van der Waals surface area contributed by atoms with Crippen LogP contribution < -0.4 is 0 Å². The summed E-state index contributed by atoms with van der Waals surface area (Å²) < 4.78 is 0. The Kier molecular flexibility index (Phi) is 5.51. The number of likely N-dealkylation sites (tertiary alicyclic amines) is 2. The fourth-order valence-corrected chi connectivity index (χ4v) is 6.66. The summed E-state index contributed by atoms with van der Waals surface area (Å²) in [6, 6.07) is 4.51. The molecule has 6 nitrogen and oxygen atoms in total. The molecular weight excluding hydrogens is 352 g/mol. The normalized spacial score (nSPS) is 30.1.